The van der Waals surface area contributed by atoms with Crippen LogP contribution in [0.2, 0.25) is 0 Å². The van der Waals surface area contributed by atoms with Crippen molar-refractivity contribution in [2.45, 2.75) is 25.2 Å². The summed E-state index contributed by atoms with van der Waals surface area (Å²) in [5.41, 5.74) is 1.03. The first-order valence-electron chi connectivity index (χ1n) is 7.39. The molecule has 0 saturated heterocycles. The number of benzene rings is 2. The molecule has 0 unspecified atom stereocenters. The average Bonchev–Trinajstić information content (AvgIpc) is 2.55. The molecule has 2 rings (SSSR count). The largest absolute Gasteiger partial charge is 0.462 e. The van der Waals surface area contributed by atoms with Crippen molar-refractivity contribution in [3.05, 3.63) is 59.4 Å². The summed E-state index contributed by atoms with van der Waals surface area (Å²) in [6, 6.07) is 9.40. The maximum Gasteiger partial charge on any atom is 0.338 e. The topological polar surface area (TPSA) is 72.5 Å². The van der Waals surface area contributed by atoms with Crippen LogP contribution in [-0.4, -0.2) is 21.0 Å². The molecule has 0 aliphatic rings. The number of rotatable bonds is 6. The number of anilines is 1. The van der Waals surface area contributed by atoms with E-state index in [4.69, 9.17) is 4.74 Å². The number of hydrogen-bond acceptors (Lipinski definition) is 4. The molecule has 0 bridgehead atoms. The number of aryl methyl sites for hydroxylation is 1. The van der Waals surface area contributed by atoms with Gasteiger partial charge in [-0.15, -0.1) is 0 Å². The van der Waals surface area contributed by atoms with Crippen molar-refractivity contribution in [1.82, 2.24) is 0 Å². The Morgan fingerprint density at radius 2 is 1.83 bits per heavy atom. The van der Waals surface area contributed by atoms with Crippen LogP contribution in [0.4, 0.5) is 10.1 Å². The summed E-state index contributed by atoms with van der Waals surface area (Å²) in [5, 5.41) is 0. The summed E-state index contributed by atoms with van der Waals surface area (Å²) in [4.78, 5) is 11.6. The third-order valence-corrected chi connectivity index (χ3v) is 4.77. The highest BCUT2D eigenvalue weighted by atomic mass is 32.2. The zero-order valence-corrected chi connectivity index (χ0v) is 14.2. The first-order chi connectivity index (χ1) is 11.3. The van der Waals surface area contributed by atoms with Crippen LogP contribution in [0, 0.1) is 12.7 Å². The zero-order chi connectivity index (χ0) is 17.7. The van der Waals surface area contributed by atoms with Crippen LogP contribution in [0.3, 0.4) is 0 Å². The molecular formula is C17H18FNO4S. The summed E-state index contributed by atoms with van der Waals surface area (Å²) in [6.07, 6.45) is 0.719. The molecule has 0 atom stereocenters. The van der Waals surface area contributed by atoms with Crippen LogP contribution >= 0.6 is 0 Å². The van der Waals surface area contributed by atoms with Crippen LogP contribution in [0.15, 0.2) is 47.4 Å². The van der Waals surface area contributed by atoms with Crippen LogP contribution < -0.4 is 4.72 Å². The predicted molar refractivity (Wildman–Crippen MR) is 89.0 cm³/mol. The van der Waals surface area contributed by atoms with Crippen molar-refractivity contribution in [3.8, 4) is 0 Å². The molecule has 0 aliphatic heterocycles. The summed E-state index contributed by atoms with van der Waals surface area (Å²) >= 11 is 0. The number of halogens is 1. The summed E-state index contributed by atoms with van der Waals surface area (Å²) in [5.74, 6) is -1.10. The lowest BCUT2D eigenvalue weighted by molar-refractivity contribution is 0.0505. The molecule has 24 heavy (non-hydrogen) atoms. The van der Waals surface area contributed by atoms with Crippen molar-refractivity contribution < 1.29 is 22.3 Å². The second kappa shape index (κ2) is 7.44. The van der Waals surface area contributed by atoms with Gasteiger partial charge >= 0.3 is 5.97 Å². The first kappa shape index (κ1) is 17.9. The monoisotopic (exact) mass is 351 g/mol. The molecular weight excluding hydrogens is 333 g/mol. The highest BCUT2D eigenvalue weighted by Crippen LogP contribution is 2.20. The summed E-state index contributed by atoms with van der Waals surface area (Å²) < 4.78 is 45.4. The van der Waals surface area contributed by atoms with Gasteiger partial charge in [-0.05, 0) is 55.3 Å². The van der Waals surface area contributed by atoms with Gasteiger partial charge in [0.1, 0.15) is 5.82 Å². The molecule has 0 aliphatic carbocycles. The zero-order valence-electron chi connectivity index (χ0n) is 13.4. The molecule has 0 fully saturated rings. The van der Waals surface area contributed by atoms with Gasteiger partial charge < -0.3 is 4.74 Å². The van der Waals surface area contributed by atoms with E-state index in [9.17, 15) is 17.6 Å². The average molecular weight is 351 g/mol. The van der Waals surface area contributed by atoms with Crippen LogP contribution in [0.5, 0.6) is 0 Å². The first-order valence-corrected chi connectivity index (χ1v) is 8.88. The van der Waals surface area contributed by atoms with E-state index in [1.807, 2.05) is 6.92 Å². The smallest absolute Gasteiger partial charge is 0.338 e. The van der Waals surface area contributed by atoms with Crippen LogP contribution in [-0.2, 0) is 14.8 Å². The lowest BCUT2D eigenvalue weighted by Crippen LogP contribution is -2.14. The molecule has 1 N–H and O–H groups in total. The number of hydrogen-bond donors (Lipinski definition) is 1. The number of carbonyl (C=O) groups excluding carboxylic acids is 1. The molecule has 2 aromatic rings. The SMILES string of the molecule is CCCOC(=O)c1ccc(NS(=O)(=O)c2cc(F)ccc2C)cc1. The normalized spacial score (nSPS) is 11.1. The standard InChI is InChI=1S/C17H18FNO4S/c1-3-10-23-17(20)13-5-8-15(9-6-13)19-24(21,22)16-11-14(18)7-4-12(16)2/h4-9,11,19H,3,10H2,1-2H3. The van der Waals surface area contributed by atoms with Crippen molar-refractivity contribution >= 4 is 21.7 Å². The fourth-order valence-electron chi connectivity index (χ4n) is 2.03. The predicted octanol–water partition coefficient (Wildman–Crippen LogP) is 3.50. The molecule has 2 aromatic carbocycles. The number of carbonyl (C=O) groups is 1. The van der Waals surface area contributed by atoms with Gasteiger partial charge in [0.2, 0.25) is 0 Å². The molecule has 0 aromatic heterocycles. The Labute approximate surface area is 140 Å². The third-order valence-electron chi connectivity index (χ3n) is 3.25. The highest BCUT2D eigenvalue weighted by molar-refractivity contribution is 7.92. The van der Waals surface area contributed by atoms with Crippen molar-refractivity contribution in [2.24, 2.45) is 0 Å². The fraction of sp³-hybridized carbons (Fsp3) is 0.235. The minimum Gasteiger partial charge on any atom is -0.462 e. The Morgan fingerprint density at radius 1 is 1.17 bits per heavy atom. The van der Waals surface area contributed by atoms with Crippen LogP contribution in [0.1, 0.15) is 29.3 Å². The lowest BCUT2D eigenvalue weighted by atomic mass is 10.2. The maximum absolute atomic E-state index is 13.3. The van der Waals surface area contributed by atoms with Crippen LogP contribution in [0.25, 0.3) is 0 Å². The van der Waals surface area contributed by atoms with Gasteiger partial charge in [-0.1, -0.05) is 13.0 Å². The van der Waals surface area contributed by atoms with Gasteiger partial charge in [-0.3, -0.25) is 4.72 Å². The van der Waals surface area contributed by atoms with Crippen molar-refractivity contribution in [2.75, 3.05) is 11.3 Å². The Kier molecular flexibility index (Phi) is 5.56. The fourth-order valence-corrected chi connectivity index (χ4v) is 3.34. The van der Waals surface area contributed by atoms with E-state index in [1.165, 1.54) is 36.4 Å². The van der Waals surface area contributed by atoms with E-state index in [1.54, 1.807) is 6.92 Å². The van der Waals surface area contributed by atoms with E-state index in [0.29, 0.717) is 17.7 Å². The van der Waals surface area contributed by atoms with E-state index < -0.39 is 21.8 Å². The second-order valence-electron chi connectivity index (χ2n) is 5.23. The number of sulfonamides is 1. The third kappa shape index (κ3) is 4.32. The van der Waals surface area contributed by atoms with Gasteiger partial charge in [-0.25, -0.2) is 17.6 Å². The van der Waals surface area contributed by atoms with E-state index in [2.05, 4.69) is 4.72 Å². The summed E-state index contributed by atoms with van der Waals surface area (Å²) in [6.45, 7) is 3.80. The van der Waals surface area contributed by atoms with Crippen molar-refractivity contribution in [1.29, 1.82) is 0 Å². The van der Waals surface area contributed by atoms with E-state index >= 15 is 0 Å². The van der Waals surface area contributed by atoms with Gasteiger partial charge in [0.25, 0.3) is 10.0 Å². The quantitative estimate of drug-likeness (QED) is 0.809. The van der Waals surface area contributed by atoms with E-state index in [0.717, 1.165) is 12.5 Å². The Morgan fingerprint density at radius 3 is 2.46 bits per heavy atom. The van der Waals surface area contributed by atoms with Gasteiger partial charge in [0.05, 0.1) is 17.1 Å². The van der Waals surface area contributed by atoms with Crippen molar-refractivity contribution in [3.63, 3.8) is 0 Å². The highest BCUT2D eigenvalue weighted by Gasteiger charge is 2.18. The molecule has 0 radical (unpaired) electrons. The van der Waals surface area contributed by atoms with Gasteiger partial charge in [0.15, 0.2) is 0 Å². The number of nitrogens with one attached hydrogen (secondary N) is 1. The number of esters is 1. The molecule has 0 saturated carbocycles. The maximum atomic E-state index is 13.3. The lowest BCUT2D eigenvalue weighted by Gasteiger charge is -2.11. The molecule has 128 valence electrons. The van der Waals surface area contributed by atoms with Gasteiger partial charge in [0, 0.05) is 5.69 Å². The molecule has 0 spiro atoms. The minimum absolute atomic E-state index is 0.131. The molecule has 0 heterocycles. The van der Waals surface area contributed by atoms with E-state index in [-0.39, 0.29) is 10.6 Å². The Bertz CT molecular complexity index is 832. The molecule has 7 heteroatoms. The molecule has 0 amide bonds. The second-order valence-corrected chi connectivity index (χ2v) is 6.88. The Hall–Kier alpha value is -2.41. The van der Waals surface area contributed by atoms with Gasteiger partial charge in [-0.2, -0.15) is 0 Å². The Balaban J connectivity index is 2.18. The summed E-state index contributed by atoms with van der Waals surface area (Å²) in [7, 11) is -3.92. The minimum atomic E-state index is -3.92. The number of ether oxygens (including phenoxy) is 1. The molecule has 5 nitrogen and oxygen atoms in total.